The summed E-state index contributed by atoms with van der Waals surface area (Å²) in [7, 11) is 0. The van der Waals surface area contributed by atoms with E-state index in [4.69, 9.17) is 4.74 Å². The molecule has 1 fully saturated rings. The van der Waals surface area contributed by atoms with Gasteiger partial charge in [0.1, 0.15) is 0 Å². The van der Waals surface area contributed by atoms with Crippen molar-refractivity contribution < 1.29 is 9.53 Å². The van der Waals surface area contributed by atoms with Crippen LogP contribution in [0.5, 0.6) is 0 Å². The number of ether oxygens (including phenoxy) is 1. The molecular weight excluding hydrogens is 214 g/mol. The normalized spacial score (nSPS) is 20.9. The molecule has 0 heterocycles. The van der Waals surface area contributed by atoms with Gasteiger partial charge in [-0.2, -0.15) is 0 Å². The lowest BCUT2D eigenvalue weighted by atomic mass is 9.84. The molecule has 0 radical (unpaired) electrons. The zero-order chi connectivity index (χ0) is 12.7. The Kier molecular flexibility index (Phi) is 6.56. The molecule has 0 bridgehead atoms. The van der Waals surface area contributed by atoms with Crippen molar-refractivity contribution in [3.8, 4) is 0 Å². The van der Waals surface area contributed by atoms with Crippen LogP contribution < -0.4 is 5.32 Å². The van der Waals surface area contributed by atoms with E-state index < -0.39 is 0 Å². The molecule has 1 rings (SSSR count). The molecule has 0 aromatic rings. The van der Waals surface area contributed by atoms with Crippen molar-refractivity contribution in [2.24, 2.45) is 5.92 Å². The second kappa shape index (κ2) is 7.70. The van der Waals surface area contributed by atoms with Gasteiger partial charge in [0, 0.05) is 12.1 Å². The van der Waals surface area contributed by atoms with Gasteiger partial charge < -0.3 is 10.1 Å². The Hall–Kier alpha value is -0.570. The molecule has 2 unspecified atom stereocenters. The van der Waals surface area contributed by atoms with Crippen molar-refractivity contribution in [2.75, 3.05) is 6.61 Å². The first-order valence-corrected chi connectivity index (χ1v) is 7.05. The fourth-order valence-corrected chi connectivity index (χ4v) is 2.75. The molecule has 0 aromatic carbocycles. The Morgan fingerprint density at radius 1 is 1.29 bits per heavy atom. The summed E-state index contributed by atoms with van der Waals surface area (Å²) in [6.45, 7) is 6.64. The number of carbonyl (C=O) groups excluding carboxylic acids is 1. The van der Waals surface area contributed by atoms with Crippen molar-refractivity contribution in [1.82, 2.24) is 5.32 Å². The molecule has 0 saturated heterocycles. The standard InChI is InChI=1S/C14H27NO2/c1-4-17-14(16)10-11(2)15-12(3)13-8-6-5-7-9-13/h11-13,15H,4-10H2,1-3H3. The van der Waals surface area contributed by atoms with Gasteiger partial charge >= 0.3 is 5.97 Å². The maximum atomic E-state index is 11.3. The van der Waals surface area contributed by atoms with Gasteiger partial charge in [0.15, 0.2) is 0 Å². The predicted molar refractivity (Wildman–Crippen MR) is 69.9 cm³/mol. The Labute approximate surface area is 105 Å². The van der Waals surface area contributed by atoms with E-state index in [2.05, 4.69) is 19.2 Å². The first-order valence-electron chi connectivity index (χ1n) is 7.05. The average Bonchev–Trinajstić information content (AvgIpc) is 2.30. The highest BCUT2D eigenvalue weighted by molar-refractivity contribution is 5.70. The van der Waals surface area contributed by atoms with Crippen molar-refractivity contribution in [3.63, 3.8) is 0 Å². The molecule has 1 N–H and O–H groups in total. The Morgan fingerprint density at radius 2 is 1.94 bits per heavy atom. The van der Waals surface area contributed by atoms with Crippen LogP contribution in [0.2, 0.25) is 0 Å². The third-order valence-corrected chi connectivity index (χ3v) is 3.68. The van der Waals surface area contributed by atoms with Gasteiger partial charge in [0.25, 0.3) is 0 Å². The molecule has 3 heteroatoms. The molecule has 3 nitrogen and oxygen atoms in total. The van der Waals surface area contributed by atoms with E-state index in [1.54, 1.807) is 0 Å². The minimum absolute atomic E-state index is 0.0941. The van der Waals surface area contributed by atoms with Crippen LogP contribution in [0, 0.1) is 5.92 Å². The topological polar surface area (TPSA) is 38.3 Å². The van der Waals surface area contributed by atoms with Gasteiger partial charge in [-0.25, -0.2) is 0 Å². The third-order valence-electron chi connectivity index (χ3n) is 3.68. The maximum Gasteiger partial charge on any atom is 0.307 e. The van der Waals surface area contributed by atoms with Gasteiger partial charge in [-0.1, -0.05) is 19.3 Å². The smallest absolute Gasteiger partial charge is 0.307 e. The number of hydrogen-bond acceptors (Lipinski definition) is 3. The van der Waals surface area contributed by atoms with Gasteiger partial charge in [-0.3, -0.25) is 4.79 Å². The van der Waals surface area contributed by atoms with Crippen molar-refractivity contribution in [3.05, 3.63) is 0 Å². The van der Waals surface area contributed by atoms with Crippen LogP contribution in [-0.2, 0) is 9.53 Å². The summed E-state index contributed by atoms with van der Waals surface area (Å²) < 4.78 is 4.96. The number of rotatable bonds is 6. The number of esters is 1. The summed E-state index contributed by atoms with van der Waals surface area (Å²) in [6.07, 6.45) is 7.26. The van der Waals surface area contributed by atoms with Crippen molar-refractivity contribution in [1.29, 1.82) is 0 Å². The molecule has 0 amide bonds. The second-order valence-corrected chi connectivity index (χ2v) is 5.26. The number of carbonyl (C=O) groups is 1. The summed E-state index contributed by atoms with van der Waals surface area (Å²) in [4.78, 5) is 11.3. The lowest BCUT2D eigenvalue weighted by Gasteiger charge is -2.30. The van der Waals surface area contributed by atoms with E-state index in [9.17, 15) is 4.79 Å². The Morgan fingerprint density at radius 3 is 2.53 bits per heavy atom. The summed E-state index contributed by atoms with van der Waals surface area (Å²) in [6, 6.07) is 0.728. The lowest BCUT2D eigenvalue weighted by molar-refractivity contribution is -0.143. The van der Waals surface area contributed by atoms with Crippen LogP contribution >= 0.6 is 0 Å². The van der Waals surface area contributed by atoms with Crippen molar-refractivity contribution in [2.45, 2.75) is 71.4 Å². The highest BCUT2D eigenvalue weighted by atomic mass is 16.5. The SMILES string of the molecule is CCOC(=O)CC(C)NC(C)C1CCCCC1. The van der Waals surface area contributed by atoms with Crippen molar-refractivity contribution >= 4 is 5.97 Å². The van der Waals surface area contributed by atoms with Crippen LogP contribution in [0.4, 0.5) is 0 Å². The second-order valence-electron chi connectivity index (χ2n) is 5.26. The lowest BCUT2D eigenvalue weighted by Crippen LogP contribution is -2.41. The molecule has 100 valence electrons. The van der Waals surface area contributed by atoms with Crippen LogP contribution in [-0.4, -0.2) is 24.7 Å². The zero-order valence-corrected chi connectivity index (χ0v) is 11.5. The van der Waals surface area contributed by atoms with Gasteiger partial charge in [0.05, 0.1) is 13.0 Å². The number of nitrogens with one attached hydrogen (secondary N) is 1. The Bertz CT molecular complexity index is 224. The van der Waals surface area contributed by atoms with E-state index in [1.165, 1.54) is 32.1 Å². The molecule has 17 heavy (non-hydrogen) atoms. The summed E-state index contributed by atoms with van der Waals surface area (Å²) in [5.41, 5.74) is 0. The van der Waals surface area contributed by atoms with E-state index in [1.807, 2.05) is 6.92 Å². The average molecular weight is 241 g/mol. The Balaban J connectivity index is 2.24. The minimum Gasteiger partial charge on any atom is -0.466 e. The first kappa shape index (κ1) is 14.5. The molecule has 0 spiro atoms. The predicted octanol–water partition coefficient (Wildman–Crippen LogP) is 2.89. The van der Waals surface area contributed by atoms with Gasteiger partial charge in [-0.15, -0.1) is 0 Å². The van der Waals surface area contributed by atoms with E-state index in [0.29, 0.717) is 19.1 Å². The third kappa shape index (κ3) is 5.53. The monoisotopic (exact) mass is 241 g/mol. The summed E-state index contributed by atoms with van der Waals surface area (Å²) in [5, 5.41) is 3.54. The molecule has 2 atom stereocenters. The zero-order valence-electron chi connectivity index (χ0n) is 11.5. The largest absolute Gasteiger partial charge is 0.466 e. The van der Waals surface area contributed by atoms with Gasteiger partial charge in [0.2, 0.25) is 0 Å². The first-order chi connectivity index (χ1) is 8.13. The highest BCUT2D eigenvalue weighted by Crippen LogP contribution is 2.26. The molecular formula is C14H27NO2. The van der Waals surface area contributed by atoms with E-state index in [-0.39, 0.29) is 12.0 Å². The van der Waals surface area contributed by atoms with E-state index >= 15 is 0 Å². The van der Waals surface area contributed by atoms with Crippen LogP contribution in [0.3, 0.4) is 0 Å². The fraction of sp³-hybridized carbons (Fsp3) is 0.929. The quantitative estimate of drug-likeness (QED) is 0.727. The molecule has 0 aromatic heterocycles. The van der Waals surface area contributed by atoms with Gasteiger partial charge in [-0.05, 0) is 39.5 Å². The molecule has 1 saturated carbocycles. The summed E-state index contributed by atoms with van der Waals surface area (Å²) >= 11 is 0. The van der Waals surface area contributed by atoms with Crippen LogP contribution in [0.15, 0.2) is 0 Å². The molecule has 0 aliphatic heterocycles. The molecule has 1 aliphatic carbocycles. The highest BCUT2D eigenvalue weighted by Gasteiger charge is 2.21. The molecule has 1 aliphatic rings. The van der Waals surface area contributed by atoms with Crippen LogP contribution in [0.1, 0.15) is 59.3 Å². The van der Waals surface area contributed by atoms with E-state index in [0.717, 1.165) is 5.92 Å². The fourth-order valence-electron chi connectivity index (χ4n) is 2.75. The maximum absolute atomic E-state index is 11.3. The number of hydrogen-bond donors (Lipinski definition) is 1. The minimum atomic E-state index is -0.0941. The summed E-state index contributed by atoms with van der Waals surface area (Å²) in [5.74, 6) is 0.691. The van der Waals surface area contributed by atoms with Crippen LogP contribution in [0.25, 0.3) is 0 Å².